The lowest BCUT2D eigenvalue weighted by Gasteiger charge is -2.70. The summed E-state index contributed by atoms with van der Waals surface area (Å²) in [5.41, 5.74) is -1.88. The SMILES string of the molecule is O=C(COc1ccc(Cl)cc1)NC12CC(NC(=O)COc3cccc(C(F)(F)F)n3)(C1)C2. The first-order valence-corrected chi connectivity index (χ1v) is 10.1. The summed E-state index contributed by atoms with van der Waals surface area (Å²) in [6, 6.07) is 9.89. The number of nitrogens with zero attached hydrogens (tertiary/aromatic N) is 1. The lowest BCUT2D eigenvalue weighted by Crippen LogP contribution is -2.84. The van der Waals surface area contributed by atoms with E-state index in [0.717, 1.165) is 12.1 Å². The highest BCUT2D eigenvalue weighted by atomic mass is 35.5. The third-order valence-corrected chi connectivity index (χ3v) is 5.64. The highest BCUT2D eigenvalue weighted by Gasteiger charge is 2.69. The molecule has 0 radical (unpaired) electrons. The molecule has 170 valence electrons. The number of nitrogens with one attached hydrogen (secondary N) is 2. The molecule has 2 amide bonds. The average Bonchev–Trinajstić information content (AvgIpc) is 2.69. The van der Waals surface area contributed by atoms with Gasteiger partial charge in [-0.3, -0.25) is 9.59 Å². The number of benzene rings is 1. The maximum absolute atomic E-state index is 12.7. The van der Waals surface area contributed by atoms with Gasteiger partial charge < -0.3 is 20.1 Å². The van der Waals surface area contributed by atoms with Crippen LogP contribution in [0.15, 0.2) is 42.5 Å². The van der Waals surface area contributed by atoms with E-state index >= 15 is 0 Å². The molecule has 7 nitrogen and oxygen atoms in total. The molecule has 1 aromatic carbocycles. The van der Waals surface area contributed by atoms with Gasteiger partial charge in [-0.25, -0.2) is 4.98 Å². The van der Waals surface area contributed by atoms with E-state index in [-0.39, 0.29) is 23.9 Å². The van der Waals surface area contributed by atoms with Crippen molar-refractivity contribution in [1.29, 1.82) is 0 Å². The fourth-order valence-electron chi connectivity index (χ4n) is 4.19. The van der Waals surface area contributed by atoms with Crippen LogP contribution in [0.25, 0.3) is 0 Å². The Bertz CT molecular complexity index is 1010. The van der Waals surface area contributed by atoms with Crippen molar-refractivity contribution >= 4 is 23.4 Å². The van der Waals surface area contributed by atoms with Gasteiger partial charge in [0.1, 0.15) is 11.4 Å². The van der Waals surface area contributed by atoms with Gasteiger partial charge in [0, 0.05) is 22.2 Å². The topological polar surface area (TPSA) is 89.6 Å². The van der Waals surface area contributed by atoms with Gasteiger partial charge in [0.15, 0.2) is 13.2 Å². The van der Waals surface area contributed by atoms with E-state index in [1.54, 1.807) is 24.3 Å². The lowest BCUT2D eigenvalue weighted by molar-refractivity contribution is -0.151. The van der Waals surface area contributed by atoms with Crippen LogP contribution in [0.4, 0.5) is 13.2 Å². The van der Waals surface area contributed by atoms with Crippen LogP contribution < -0.4 is 20.1 Å². The number of ether oxygens (including phenoxy) is 2. The second kappa shape index (κ2) is 8.16. The Labute approximate surface area is 186 Å². The third-order valence-electron chi connectivity index (χ3n) is 5.39. The molecule has 0 spiro atoms. The van der Waals surface area contributed by atoms with Gasteiger partial charge in [-0.2, -0.15) is 13.2 Å². The van der Waals surface area contributed by atoms with E-state index in [2.05, 4.69) is 15.6 Å². The number of carbonyl (C=O) groups is 2. The summed E-state index contributed by atoms with van der Waals surface area (Å²) in [5, 5.41) is 6.32. The number of carbonyl (C=O) groups excluding carboxylic acids is 2. The van der Waals surface area contributed by atoms with Crippen molar-refractivity contribution in [3.63, 3.8) is 0 Å². The molecule has 3 saturated carbocycles. The van der Waals surface area contributed by atoms with Crippen LogP contribution in [0.3, 0.4) is 0 Å². The molecule has 11 heteroatoms. The number of alkyl halides is 3. The monoisotopic (exact) mass is 469 g/mol. The Kier molecular flexibility index (Phi) is 5.66. The molecule has 2 bridgehead atoms. The lowest BCUT2D eigenvalue weighted by atomic mass is 9.44. The van der Waals surface area contributed by atoms with E-state index in [1.165, 1.54) is 6.07 Å². The zero-order valence-corrected chi connectivity index (χ0v) is 17.4. The molecule has 3 aliphatic rings. The molecule has 0 aliphatic heterocycles. The second-order valence-electron chi connectivity index (χ2n) is 8.08. The Morgan fingerprint density at radius 3 is 2.06 bits per heavy atom. The first kappa shape index (κ1) is 22.2. The molecule has 0 saturated heterocycles. The fraction of sp³-hybridized carbons (Fsp3) is 0.381. The third kappa shape index (κ3) is 4.90. The number of hydrogen-bond acceptors (Lipinski definition) is 5. The molecule has 2 N–H and O–H groups in total. The van der Waals surface area contributed by atoms with Crippen LogP contribution in [-0.4, -0.2) is 41.1 Å². The fourth-order valence-corrected chi connectivity index (χ4v) is 4.32. The number of hydrogen-bond donors (Lipinski definition) is 2. The van der Waals surface area contributed by atoms with Crippen LogP contribution in [-0.2, 0) is 15.8 Å². The molecule has 3 aliphatic carbocycles. The number of pyridine rings is 1. The van der Waals surface area contributed by atoms with Crippen LogP contribution in [0.1, 0.15) is 25.0 Å². The maximum atomic E-state index is 12.7. The van der Waals surface area contributed by atoms with Crippen molar-refractivity contribution in [1.82, 2.24) is 15.6 Å². The Hall–Kier alpha value is -3.01. The molecule has 2 aromatic rings. The van der Waals surface area contributed by atoms with E-state index in [0.29, 0.717) is 30.0 Å². The summed E-state index contributed by atoms with van der Waals surface area (Å²) < 4.78 is 48.6. The van der Waals surface area contributed by atoms with E-state index < -0.39 is 29.9 Å². The molecule has 1 aromatic heterocycles. The summed E-state index contributed by atoms with van der Waals surface area (Å²) in [6.07, 6.45) is -2.88. The zero-order valence-electron chi connectivity index (χ0n) is 16.7. The minimum Gasteiger partial charge on any atom is -0.484 e. The van der Waals surface area contributed by atoms with Crippen molar-refractivity contribution in [3.05, 3.63) is 53.2 Å². The maximum Gasteiger partial charge on any atom is 0.433 e. The molecule has 1 heterocycles. The first-order valence-electron chi connectivity index (χ1n) is 9.74. The summed E-state index contributed by atoms with van der Waals surface area (Å²) in [4.78, 5) is 27.6. The second-order valence-corrected chi connectivity index (χ2v) is 8.51. The molecular formula is C21H19ClF3N3O4. The van der Waals surface area contributed by atoms with Crippen LogP contribution in [0.5, 0.6) is 11.6 Å². The Morgan fingerprint density at radius 2 is 1.50 bits per heavy atom. The van der Waals surface area contributed by atoms with Gasteiger partial charge >= 0.3 is 6.18 Å². The Balaban J connectivity index is 1.18. The van der Waals surface area contributed by atoms with Gasteiger partial charge in [-0.15, -0.1) is 0 Å². The van der Waals surface area contributed by atoms with Gasteiger partial charge in [0.25, 0.3) is 11.8 Å². The highest BCUT2D eigenvalue weighted by Crippen LogP contribution is 2.60. The molecule has 32 heavy (non-hydrogen) atoms. The quantitative estimate of drug-likeness (QED) is 0.620. The van der Waals surface area contributed by atoms with Crippen molar-refractivity contribution in [2.45, 2.75) is 36.5 Å². The normalized spacial score (nSPS) is 23.4. The highest BCUT2D eigenvalue weighted by molar-refractivity contribution is 6.30. The molecular weight excluding hydrogens is 451 g/mol. The average molecular weight is 470 g/mol. The first-order chi connectivity index (χ1) is 15.1. The Morgan fingerprint density at radius 1 is 0.938 bits per heavy atom. The van der Waals surface area contributed by atoms with Gasteiger partial charge in [-0.1, -0.05) is 17.7 Å². The van der Waals surface area contributed by atoms with Crippen LogP contribution in [0.2, 0.25) is 5.02 Å². The zero-order chi connectivity index (χ0) is 23.0. The number of amides is 2. The van der Waals surface area contributed by atoms with Crippen molar-refractivity contribution < 1.29 is 32.2 Å². The van der Waals surface area contributed by atoms with Crippen LogP contribution in [0, 0.1) is 0 Å². The molecule has 0 atom stereocenters. The summed E-state index contributed by atoms with van der Waals surface area (Å²) in [7, 11) is 0. The predicted molar refractivity (Wildman–Crippen MR) is 107 cm³/mol. The molecule has 5 rings (SSSR count). The van der Waals surface area contributed by atoms with Gasteiger partial charge in [-0.05, 0) is 49.6 Å². The minimum atomic E-state index is -4.59. The van der Waals surface area contributed by atoms with Crippen molar-refractivity contribution in [2.24, 2.45) is 0 Å². The van der Waals surface area contributed by atoms with Gasteiger partial charge in [0.2, 0.25) is 5.88 Å². The predicted octanol–water partition coefficient (Wildman–Crippen LogP) is 3.12. The van der Waals surface area contributed by atoms with E-state index in [4.69, 9.17) is 21.1 Å². The van der Waals surface area contributed by atoms with E-state index in [1.807, 2.05) is 0 Å². The molecule has 0 unspecified atom stereocenters. The number of aromatic nitrogens is 1. The molecule has 3 fully saturated rings. The minimum absolute atomic E-state index is 0.138. The van der Waals surface area contributed by atoms with E-state index in [9.17, 15) is 22.8 Å². The summed E-state index contributed by atoms with van der Waals surface area (Å²) >= 11 is 5.80. The standard InChI is InChI=1S/C21H19ClF3N3O4/c22-13-4-6-14(7-5-13)31-8-16(29)27-19-10-20(11-19,12-19)28-17(30)9-32-18-3-1-2-15(26-18)21(23,24)25/h1-7H,8-12H2,(H,27,29)(H,28,30). The largest absolute Gasteiger partial charge is 0.484 e. The summed E-state index contributed by atoms with van der Waals surface area (Å²) in [5.74, 6) is -0.480. The van der Waals surface area contributed by atoms with Gasteiger partial charge in [0.05, 0.1) is 0 Å². The smallest absolute Gasteiger partial charge is 0.433 e. The number of halogens is 4. The van der Waals surface area contributed by atoms with Crippen molar-refractivity contribution in [3.8, 4) is 11.6 Å². The van der Waals surface area contributed by atoms with Crippen molar-refractivity contribution in [2.75, 3.05) is 13.2 Å². The van der Waals surface area contributed by atoms with Crippen LogP contribution >= 0.6 is 11.6 Å². The summed E-state index contributed by atoms with van der Waals surface area (Å²) in [6.45, 7) is -0.592. The number of rotatable bonds is 8.